The summed E-state index contributed by atoms with van der Waals surface area (Å²) in [5.41, 5.74) is 8.08. The summed E-state index contributed by atoms with van der Waals surface area (Å²) in [6.07, 6.45) is 2.77. The minimum absolute atomic E-state index is 0.757. The fraction of sp³-hybridized carbons (Fsp3) is 0.538. The van der Waals surface area contributed by atoms with Gasteiger partial charge in [-0.2, -0.15) is 0 Å². The fourth-order valence-electron chi connectivity index (χ4n) is 3.09. The molecule has 3 aliphatic heterocycles. The van der Waals surface area contributed by atoms with Crippen molar-refractivity contribution in [1.29, 1.82) is 0 Å². The number of fused-ring (bicyclic) bond motifs is 3. The first-order valence-electron chi connectivity index (χ1n) is 5.91. The first kappa shape index (κ1) is 9.22. The van der Waals surface area contributed by atoms with Crippen molar-refractivity contribution in [1.82, 2.24) is 4.90 Å². The maximum atomic E-state index is 5.72. The number of hydrogen-bond donors (Lipinski definition) is 1. The molecule has 2 nitrogen and oxygen atoms in total. The van der Waals surface area contributed by atoms with E-state index < -0.39 is 0 Å². The van der Waals surface area contributed by atoms with Crippen molar-refractivity contribution in [3.8, 4) is 0 Å². The Labute approximate surface area is 91.1 Å². The summed E-state index contributed by atoms with van der Waals surface area (Å²) in [5, 5.41) is 0. The molecule has 0 saturated carbocycles. The minimum Gasteiger partial charge on any atom is -0.399 e. The number of rotatable bonds is 1. The Bertz CT molecular complexity index is 336. The van der Waals surface area contributed by atoms with Crippen LogP contribution in [0, 0.1) is 5.92 Å². The fourth-order valence-corrected chi connectivity index (χ4v) is 3.09. The molecule has 3 aliphatic rings. The van der Waals surface area contributed by atoms with Gasteiger partial charge in [0.25, 0.3) is 0 Å². The topological polar surface area (TPSA) is 29.3 Å². The van der Waals surface area contributed by atoms with E-state index in [0.29, 0.717) is 0 Å². The lowest BCUT2D eigenvalue weighted by Crippen LogP contribution is -2.46. The van der Waals surface area contributed by atoms with E-state index in [0.717, 1.165) is 17.5 Å². The Morgan fingerprint density at radius 3 is 2.27 bits per heavy atom. The van der Waals surface area contributed by atoms with Gasteiger partial charge in [-0.1, -0.05) is 12.1 Å². The monoisotopic (exact) mass is 202 g/mol. The zero-order valence-corrected chi connectivity index (χ0v) is 9.02. The lowest BCUT2D eigenvalue weighted by molar-refractivity contribution is 0.0871. The van der Waals surface area contributed by atoms with Crippen LogP contribution in [0.3, 0.4) is 0 Å². The SMILES string of the molecule is Nc1ccc(C2CN3CCC2CC3)cc1. The highest BCUT2D eigenvalue weighted by atomic mass is 15.1. The Morgan fingerprint density at radius 2 is 1.73 bits per heavy atom. The van der Waals surface area contributed by atoms with Crippen LogP contribution in [0.5, 0.6) is 0 Å². The van der Waals surface area contributed by atoms with Crippen molar-refractivity contribution in [2.45, 2.75) is 18.8 Å². The number of anilines is 1. The van der Waals surface area contributed by atoms with Gasteiger partial charge in [-0.3, -0.25) is 0 Å². The van der Waals surface area contributed by atoms with Crippen LogP contribution in [0.15, 0.2) is 24.3 Å². The molecule has 1 atom stereocenters. The Kier molecular flexibility index (Phi) is 2.17. The third kappa shape index (κ3) is 1.63. The first-order valence-corrected chi connectivity index (χ1v) is 5.91. The van der Waals surface area contributed by atoms with E-state index in [4.69, 9.17) is 5.73 Å². The Hall–Kier alpha value is -1.02. The average molecular weight is 202 g/mol. The third-order valence-electron chi connectivity index (χ3n) is 4.02. The maximum absolute atomic E-state index is 5.72. The quantitative estimate of drug-likeness (QED) is 0.706. The predicted octanol–water partition coefficient (Wildman–Crippen LogP) is 2.08. The minimum atomic E-state index is 0.757. The first-order chi connectivity index (χ1) is 7.33. The number of nitrogens with two attached hydrogens (primary N) is 1. The van der Waals surface area contributed by atoms with Crippen LogP contribution >= 0.6 is 0 Å². The molecule has 3 saturated heterocycles. The van der Waals surface area contributed by atoms with Crippen molar-refractivity contribution in [3.05, 3.63) is 29.8 Å². The average Bonchev–Trinajstić information content (AvgIpc) is 2.31. The van der Waals surface area contributed by atoms with Crippen LogP contribution in [0.4, 0.5) is 5.69 Å². The molecule has 0 aromatic heterocycles. The van der Waals surface area contributed by atoms with Crippen molar-refractivity contribution >= 4 is 5.69 Å². The summed E-state index contributed by atoms with van der Waals surface area (Å²) >= 11 is 0. The smallest absolute Gasteiger partial charge is 0.0314 e. The summed E-state index contributed by atoms with van der Waals surface area (Å²) in [7, 11) is 0. The van der Waals surface area contributed by atoms with E-state index in [2.05, 4.69) is 17.0 Å². The molecule has 2 bridgehead atoms. The summed E-state index contributed by atoms with van der Waals surface area (Å²) in [6, 6.07) is 8.49. The normalized spacial score (nSPS) is 34.3. The van der Waals surface area contributed by atoms with E-state index in [-0.39, 0.29) is 0 Å². The van der Waals surface area contributed by atoms with Gasteiger partial charge in [0.15, 0.2) is 0 Å². The number of hydrogen-bond acceptors (Lipinski definition) is 2. The highest BCUT2D eigenvalue weighted by Gasteiger charge is 2.34. The van der Waals surface area contributed by atoms with E-state index in [1.165, 1.54) is 38.0 Å². The van der Waals surface area contributed by atoms with Crippen LogP contribution in [-0.2, 0) is 0 Å². The van der Waals surface area contributed by atoms with Crippen molar-refractivity contribution in [2.75, 3.05) is 25.4 Å². The van der Waals surface area contributed by atoms with E-state index in [9.17, 15) is 0 Å². The Balaban J connectivity index is 1.85. The number of nitrogens with zero attached hydrogens (tertiary/aromatic N) is 1. The Morgan fingerprint density at radius 1 is 1.07 bits per heavy atom. The molecule has 2 N–H and O–H groups in total. The number of piperidine rings is 3. The molecule has 1 aromatic rings. The van der Waals surface area contributed by atoms with Gasteiger partial charge in [0, 0.05) is 12.2 Å². The summed E-state index contributed by atoms with van der Waals surface area (Å²) < 4.78 is 0. The largest absolute Gasteiger partial charge is 0.399 e. The van der Waals surface area contributed by atoms with Gasteiger partial charge in [-0.05, 0) is 55.5 Å². The molecule has 2 heteroatoms. The highest BCUT2D eigenvalue weighted by Crippen LogP contribution is 2.38. The van der Waals surface area contributed by atoms with Gasteiger partial charge in [0.05, 0.1) is 0 Å². The molecule has 4 rings (SSSR count). The standard InChI is InChI=1S/C13H18N2/c14-12-3-1-10(2-4-12)13-9-15-7-5-11(13)6-8-15/h1-4,11,13H,5-9,14H2. The molecule has 3 fully saturated rings. The van der Waals surface area contributed by atoms with Crippen molar-refractivity contribution in [2.24, 2.45) is 5.92 Å². The molecule has 3 heterocycles. The molecule has 1 aromatic carbocycles. The van der Waals surface area contributed by atoms with Crippen molar-refractivity contribution in [3.63, 3.8) is 0 Å². The molecule has 0 radical (unpaired) electrons. The van der Waals surface area contributed by atoms with Crippen LogP contribution in [0.2, 0.25) is 0 Å². The van der Waals surface area contributed by atoms with Crippen LogP contribution in [0.25, 0.3) is 0 Å². The third-order valence-corrected chi connectivity index (χ3v) is 4.02. The van der Waals surface area contributed by atoms with Gasteiger partial charge < -0.3 is 10.6 Å². The lowest BCUT2D eigenvalue weighted by atomic mass is 9.75. The molecule has 80 valence electrons. The van der Waals surface area contributed by atoms with E-state index >= 15 is 0 Å². The summed E-state index contributed by atoms with van der Waals surface area (Å²) in [4.78, 5) is 2.60. The zero-order chi connectivity index (χ0) is 10.3. The van der Waals surface area contributed by atoms with Crippen LogP contribution in [-0.4, -0.2) is 24.5 Å². The predicted molar refractivity (Wildman–Crippen MR) is 62.8 cm³/mol. The van der Waals surface area contributed by atoms with Crippen molar-refractivity contribution < 1.29 is 0 Å². The molecular formula is C13H18N2. The second kappa shape index (κ2) is 3.53. The van der Waals surface area contributed by atoms with E-state index in [1.807, 2.05) is 12.1 Å². The van der Waals surface area contributed by atoms with Gasteiger partial charge in [-0.25, -0.2) is 0 Å². The number of benzene rings is 1. The van der Waals surface area contributed by atoms with E-state index in [1.54, 1.807) is 0 Å². The zero-order valence-electron chi connectivity index (χ0n) is 9.02. The van der Waals surface area contributed by atoms with Gasteiger partial charge in [-0.15, -0.1) is 0 Å². The molecule has 1 unspecified atom stereocenters. The van der Waals surface area contributed by atoms with Gasteiger partial charge in [0.1, 0.15) is 0 Å². The molecule has 0 spiro atoms. The molecule has 0 amide bonds. The molecule has 0 aliphatic carbocycles. The van der Waals surface area contributed by atoms with Gasteiger partial charge in [0.2, 0.25) is 0 Å². The molecular weight excluding hydrogens is 184 g/mol. The van der Waals surface area contributed by atoms with Crippen LogP contribution in [0.1, 0.15) is 24.3 Å². The molecule has 15 heavy (non-hydrogen) atoms. The number of nitrogen functional groups attached to an aromatic ring is 1. The summed E-state index contributed by atoms with van der Waals surface area (Å²) in [6.45, 7) is 3.89. The maximum Gasteiger partial charge on any atom is 0.0314 e. The second-order valence-electron chi connectivity index (χ2n) is 4.91. The highest BCUT2D eigenvalue weighted by molar-refractivity contribution is 5.40. The second-order valence-corrected chi connectivity index (χ2v) is 4.91. The lowest BCUT2D eigenvalue weighted by Gasteiger charge is -2.45. The van der Waals surface area contributed by atoms with Crippen LogP contribution < -0.4 is 5.73 Å². The van der Waals surface area contributed by atoms with Gasteiger partial charge >= 0.3 is 0 Å². The summed E-state index contributed by atoms with van der Waals surface area (Å²) in [5.74, 6) is 1.67.